The summed E-state index contributed by atoms with van der Waals surface area (Å²) in [5.41, 5.74) is 0. The minimum absolute atomic E-state index is 0.484. The molecule has 1 N–H and O–H groups in total. The molecule has 0 aromatic rings. The number of aldehydes is 1. The van der Waals surface area contributed by atoms with Crippen LogP contribution in [0.5, 0.6) is 0 Å². The van der Waals surface area contributed by atoms with E-state index in [0.29, 0.717) is 6.29 Å². The molecule has 0 aromatic carbocycles. The van der Waals surface area contributed by atoms with Gasteiger partial charge in [-0.1, -0.05) is 0 Å². The number of aliphatic hydroxyl groups is 1. The number of hydrogen-bond donors (Lipinski definition) is 1. The first-order valence-corrected chi connectivity index (χ1v) is 4.18. The van der Waals surface area contributed by atoms with Crippen molar-refractivity contribution in [2.75, 3.05) is 0 Å². The van der Waals surface area contributed by atoms with Crippen molar-refractivity contribution in [3.63, 3.8) is 0 Å². The molecule has 0 bridgehead atoms. The summed E-state index contributed by atoms with van der Waals surface area (Å²) in [5.74, 6) is -0.749. The second-order valence-corrected chi connectivity index (χ2v) is 3.69. The fourth-order valence-electron chi connectivity index (χ4n) is 1.72. The van der Waals surface area contributed by atoms with Crippen LogP contribution in [0.2, 0.25) is 0 Å². The number of aliphatic hydroxyl groups excluding tert-OH is 1. The van der Waals surface area contributed by atoms with E-state index in [1.807, 2.05) is 0 Å². The molecule has 2 aliphatic rings. The van der Waals surface area contributed by atoms with Gasteiger partial charge in [0.25, 0.3) is 0 Å². The van der Waals surface area contributed by atoms with E-state index < -0.39 is 30.4 Å². The first-order chi connectivity index (χ1) is 6.03. The molecule has 2 heterocycles. The molecule has 0 aliphatic carbocycles. The predicted molar refractivity (Wildman–Crippen MR) is 40.8 cm³/mol. The fourth-order valence-corrected chi connectivity index (χ4v) is 1.72. The maximum absolute atomic E-state index is 10.5. The van der Waals surface area contributed by atoms with Gasteiger partial charge in [0, 0.05) is 0 Å². The normalized spacial score (nSPS) is 47.6. The molecule has 4 atom stereocenters. The van der Waals surface area contributed by atoms with E-state index in [-0.39, 0.29) is 0 Å². The van der Waals surface area contributed by atoms with Crippen LogP contribution in [0.15, 0.2) is 0 Å². The number of fused-ring (bicyclic) bond motifs is 1. The lowest BCUT2D eigenvalue weighted by Gasteiger charge is -2.20. The number of rotatable bonds is 1. The van der Waals surface area contributed by atoms with Gasteiger partial charge < -0.3 is 24.1 Å². The van der Waals surface area contributed by atoms with Crippen LogP contribution in [0, 0.1) is 0 Å². The van der Waals surface area contributed by atoms with Crippen molar-refractivity contribution >= 4 is 6.29 Å². The van der Waals surface area contributed by atoms with Crippen LogP contribution < -0.4 is 0 Å². The first-order valence-electron chi connectivity index (χ1n) is 4.18. The van der Waals surface area contributed by atoms with E-state index >= 15 is 0 Å². The number of hydrogen-bond acceptors (Lipinski definition) is 5. The highest BCUT2D eigenvalue weighted by Crippen LogP contribution is 2.37. The number of carbonyl (C=O) groups excluding carboxylic acids is 1. The van der Waals surface area contributed by atoms with Crippen LogP contribution >= 0.6 is 0 Å². The molecular formula is C8H12O5. The van der Waals surface area contributed by atoms with Crippen molar-refractivity contribution in [1.82, 2.24) is 0 Å². The smallest absolute Gasteiger partial charge is 0.184 e. The Kier molecular flexibility index (Phi) is 1.92. The molecule has 74 valence electrons. The average Bonchev–Trinajstić information content (AvgIpc) is 2.47. The van der Waals surface area contributed by atoms with E-state index in [4.69, 9.17) is 14.2 Å². The number of ether oxygens (including phenoxy) is 3. The lowest BCUT2D eigenvalue weighted by Crippen LogP contribution is -2.30. The monoisotopic (exact) mass is 188 g/mol. The topological polar surface area (TPSA) is 65.0 Å². The quantitative estimate of drug-likeness (QED) is 0.558. The Morgan fingerprint density at radius 3 is 2.54 bits per heavy atom. The third-order valence-corrected chi connectivity index (χ3v) is 2.20. The maximum atomic E-state index is 10.5. The third-order valence-electron chi connectivity index (χ3n) is 2.20. The summed E-state index contributed by atoms with van der Waals surface area (Å²) >= 11 is 0. The Hall–Kier alpha value is -0.490. The lowest BCUT2D eigenvalue weighted by atomic mass is 10.1. The Morgan fingerprint density at radius 1 is 1.31 bits per heavy atom. The molecular weight excluding hydrogens is 176 g/mol. The Morgan fingerprint density at radius 2 is 1.92 bits per heavy atom. The standard InChI is InChI=1S/C8H12O5/c1-8(2)12-5-4(3-9)11-7(10)6(5)13-8/h3-7,10H,1-2H3. The van der Waals surface area contributed by atoms with Gasteiger partial charge in [-0.05, 0) is 13.8 Å². The molecule has 2 rings (SSSR count). The molecule has 2 aliphatic heterocycles. The summed E-state index contributed by atoms with van der Waals surface area (Å²) in [4.78, 5) is 10.5. The van der Waals surface area contributed by atoms with Crippen LogP contribution in [0.1, 0.15) is 13.8 Å². The van der Waals surface area contributed by atoms with Gasteiger partial charge in [0.05, 0.1) is 0 Å². The molecule has 0 amide bonds. The van der Waals surface area contributed by atoms with Crippen molar-refractivity contribution < 1.29 is 24.1 Å². The van der Waals surface area contributed by atoms with Gasteiger partial charge >= 0.3 is 0 Å². The third kappa shape index (κ3) is 1.38. The van der Waals surface area contributed by atoms with Gasteiger partial charge in [-0.2, -0.15) is 0 Å². The molecule has 0 aromatic heterocycles. The van der Waals surface area contributed by atoms with Crippen molar-refractivity contribution in [3.8, 4) is 0 Å². The van der Waals surface area contributed by atoms with Crippen LogP contribution in [0.25, 0.3) is 0 Å². The Bertz CT molecular complexity index is 227. The van der Waals surface area contributed by atoms with Crippen molar-refractivity contribution in [2.45, 2.75) is 44.2 Å². The van der Waals surface area contributed by atoms with Gasteiger partial charge in [0.2, 0.25) is 0 Å². The molecule has 4 unspecified atom stereocenters. The highest BCUT2D eigenvalue weighted by Gasteiger charge is 2.54. The summed E-state index contributed by atoms with van der Waals surface area (Å²) in [5, 5.41) is 9.35. The summed E-state index contributed by atoms with van der Waals surface area (Å²) in [6.45, 7) is 3.47. The van der Waals surface area contributed by atoms with Crippen molar-refractivity contribution in [1.29, 1.82) is 0 Å². The fraction of sp³-hybridized carbons (Fsp3) is 0.875. The highest BCUT2D eigenvalue weighted by atomic mass is 16.8. The van der Waals surface area contributed by atoms with Gasteiger partial charge in [-0.25, -0.2) is 0 Å². The summed E-state index contributed by atoms with van der Waals surface area (Å²) < 4.78 is 15.7. The Labute approximate surface area is 75.6 Å². The van der Waals surface area contributed by atoms with Crippen molar-refractivity contribution in [3.05, 3.63) is 0 Å². The average molecular weight is 188 g/mol. The van der Waals surface area contributed by atoms with E-state index in [1.54, 1.807) is 13.8 Å². The van der Waals surface area contributed by atoms with Gasteiger partial charge in [-0.15, -0.1) is 0 Å². The SMILES string of the molecule is CC1(C)OC2C(O)OC(C=O)C2O1. The van der Waals surface area contributed by atoms with E-state index in [2.05, 4.69) is 0 Å². The van der Waals surface area contributed by atoms with E-state index in [1.165, 1.54) is 0 Å². The zero-order valence-electron chi connectivity index (χ0n) is 7.47. The number of carbonyl (C=O) groups is 1. The molecule has 13 heavy (non-hydrogen) atoms. The van der Waals surface area contributed by atoms with Gasteiger partial charge in [0.15, 0.2) is 18.4 Å². The van der Waals surface area contributed by atoms with Crippen LogP contribution in [0.4, 0.5) is 0 Å². The first kappa shape index (κ1) is 9.08. The lowest BCUT2D eigenvalue weighted by molar-refractivity contribution is -0.216. The summed E-state index contributed by atoms with van der Waals surface area (Å²) in [6, 6.07) is 0. The van der Waals surface area contributed by atoms with Crippen molar-refractivity contribution in [2.24, 2.45) is 0 Å². The molecule has 5 heteroatoms. The second kappa shape index (κ2) is 2.75. The van der Waals surface area contributed by atoms with Crippen LogP contribution in [-0.4, -0.2) is 41.8 Å². The predicted octanol–water partition coefficient (Wildman–Crippen LogP) is -0.577. The molecule has 2 saturated heterocycles. The summed E-state index contributed by atoms with van der Waals surface area (Å²) in [7, 11) is 0. The van der Waals surface area contributed by atoms with Crippen LogP contribution in [0.3, 0.4) is 0 Å². The zero-order valence-corrected chi connectivity index (χ0v) is 7.47. The van der Waals surface area contributed by atoms with E-state index in [0.717, 1.165) is 0 Å². The minimum Gasteiger partial charge on any atom is -0.366 e. The maximum Gasteiger partial charge on any atom is 0.184 e. The van der Waals surface area contributed by atoms with Gasteiger partial charge in [-0.3, -0.25) is 0 Å². The Balaban J connectivity index is 2.17. The molecule has 0 radical (unpaired) electrons. The molecule has 0 saturated carbocycles. The minimum atomic E-state index is -1.07. The summed E-state index contributed by atoms with van der Waals surface area (Å²) in [6.07, 6.45) is -2.20. The molecule has 2 fully saturated rings. The zero-order chi connectivity index (χ0) is 9.64. The highest BCUT2D eigenvalue weighted by molar-refractivity contribution is 5.58. The second-order valence-electron chi connectivity index (χ2n) is 3.69. The largest absolute Gasteiger partial charge is 0.366 e. The van der Waals surface area contributed by atoms with Crippen LogP contribution in [-0.2, 0) is 19.0 Å². The molecule has 5 nitrogen and oxygen atoms in total. The molecule has 0 spiro atoms. The van der Waals surface area contributed by atoms with E-state index in [9.17, 15) is 9.90 Å². The van der Waals surface area contributed by atoms with Gasteiger partial charge in [0.1, 0.15) is 18.3 Å².